The van der Waals surface area contributed by atoms with Gasteiger partial charge in [-0.15, -0.1) is 0 Å². The van der Waals surface area contributed by atoms with E-state index in [1.165, 1.54) is 11.1 Å². The molecule has 1 unspecified atom stereocenters. The molecule has 9 heteroatoms. The van der Waals surface area contributed by atoms with E-state index >= 15 is 0 Å². The van der Waals surface area contributed by atoms with Crippen molar-refractivity contribution in [2.45, 2.75) is 56.2 Å². The summed E-state index contributed by atoms with van der Waals surface area (Å²) in [6.45, 7) is 4.92. The standard InChI is InChI=1S/C23H28N2O2.C2HF3O2/c26-22(25-11-3-4-12-25)20-16-23(21-8-2-1-7-19(20)21)9-13-24(14-10-23)17-18-6-5-15-27-18;3-2(4,5)1(6)7/h1-2,5-8,15,20H,3-4,9-14,16-17H2;(H,6,7). The first-order chi connectivity index (χ1) is 16.2. The van der Waals surface area contributed by atoms with E-state index in [9.17, 15) is 18.0 Å². The van der Waals surface area contributed by atoms with Gasteiger partial charge in [0.2, 0.25) is 5.91 Å². The number of fused-ring (bicyclic) bond motifs is 2. The number of hydrogen-bond donors (Lipinski definition) is 1. The first-order valence-electron chi connectivity index (χ1n) is 11.6. The lowest BCUT2D eigenvalue weighted by molar-refractivity contribution is -0.192. The van der Waals surface area contributed by atoms with Crippen molar-refractivity contribution in [2.24, 2.45) is 0 Å². The number of halogens is 3. The number of rotatable bonds is 3. The summed E-state index contributed by atoms with van der Waals surface area (Å²) in [5.74, 6) is -1.28. The summed E-state index contributed by atoms with van der Waals surface area (Å²) in [6.07, 6.45) is 2.25. The van der Waals surface area contributed by atoms with Crippen LogP contribution in [0.4, 0.5) is 13.2 Å². The molecule has 6 nitrogen and oxygen atoms in total. The molecule has 1 atom stereocenters. The van der Waals surface area contributed by atoms with E-state index in [2.05, 4.69) is 40.1 Å². The van der Waals surface area contributed by atoms with Crippen LogP contribution in [0.3, 0.4) is 0 Å². The highest BCUT2D eigenvalue weighted by molar-refractivity contribution is 5.86. The Labute approximate surface area is 196 Å². The predicted octanol–water partition coefficient (Wildman–Crippen LogP) is 4.56. The Kier molecular flexibility index (Phi) is 7.02. The van der Waals surface area contributed by atoms with Crippen molar-refractivity contribution < 1.29 is 32.3 Å². The number of nitrogens with zero attached hydrogens (tertiary/aromatic N) is 2. The topological polar surface area (TPSA) is 74.0 Å². The Morgan fingerprint density at radius 3 is 2.26 bits per heavy atom. The fourth-order valence-electron chi connectivity index (χ4n) is 5.51. The SMILES string of the molecule is O=C(C1CC2(CCN(Cc3ccco3)CC2)c2ccccc21)N1CCCC1.O=C(O)C(F)(F)F. The molecule has 2 aromatic rings. The zero-order valence-corrected chi connectivity index (χ0v) is 18.9. The Hall–Kier alpha value is -2.81. The molecule has 3 aliphatic rings. The van der Waals surface area contributed by atoms with Crippen molar-refractivity contribution in [3.05, 3.63) is 59.5 Å². The van der Waals surface area contributed by atoms with Gasteiger partial charge >= 0.3 is 12.1 Å². The predicted molar refractivity (Wildman–Crippen MR) is 118 cm³/mol. The van der Waals surface area contributed by atoms with Crippen LogP contribution in [0.5, 0.6) is 0 Å². The van der Waals surface area contributed by atoms with Gasteiger partial charge in [0.15, 0.2) is 0 Å². The number of carbonyl (C=O) groups is 2. The van der Waals surface area contributed by atoms with Crippen LogP contribution >= 0.6 is 0 Å². The minimum Gasteiger partial charge on any atom is -0.475 e. The number of aliphatic carboxylic acids is 1. The van der Waals surface area contributed by atoms with Crippen LogP contribution in [0.15, 0.2) is 47.1 Å². The van der Waals surface area contributed by atoms with Crippen molar-refractivity contribution in [2.75, 3.05) is 26.2 Å². The Bertz CT molecular complexity index is 992. The molecular formula is C25H29F3N2O4. The van der Waals surface area contributed by atoms with Crippen LogP contribution in [0.1, 0.15) is 54.9 Å². The van der Waals surface area contributed by atoms with E-state index < -0.39 is 12.1 Å². The molecule has 1 spiro atoms. The van der Waals surface area contributed by atoms with Gasteiger partial charge in [0.25, 0.3) is 0 Å². The zero-order valence-electron chi connectivity index (χ0n) is 18.9. The monoisotopic (exact) mass is 478 g/mol. The number of hydrogen-bond acceptors (Lipinski definition) is 4. The van der Waals surface area contributed by atoms with E-state index in [0.29, 0.717) is 5.91 Å². The Morgan fingerprint density at radius 2 is 1.68 bits per heavy atom. The minimum absolute atomic E-state index is 0.0657. The average Bonchev–Trinajstić information content (AvgIpc) is 3.57. The van der Waals surface area contributed by atoms with Gasteiger partial charge in [0.1, 0.15) is 5.76 Å². The van der Waals surface area contributed by atoms with Crippen LogP contribution in [0, 0.1) is 0 Å². The molecule has 1 aromatic heterocycles. The Balaban J connectivity index is 0.000000344. The molecule has 1 amide bonds. The van der Waals surface area contributed by atoms with Crippen LogP contribution in [-0.2, 0) is 21.5 Å². The van der Waals surface area contributed by atoms with E-state index in [4.69, 9.17) is 14.3 Å². The molecule has 0 saturated carbocycles. The van der Waals surface area contributed by atoms with E-state index in [1.807, 2.05) is 6.07 Å². The smallest absolute Gasteiger partial charge is 0.475 e. The first kappa shape index (κ1) is 24.3. The summed E-state index contributed by atoms with van der Waals surface area (Å²) in [5.41, 5.74) is 2.92. The summed E-state index contributed by atoms with van der Waals surface area (Å²) in [4.78, 5) is 26.7. The number of furan rings is 1. The second-order valence-corrected chi connectivity index (χ2v) is 9.32. The van der Waals surface area contributed by atoms with Gasteiger partial charge in [-0.3, -0.25) is 9.69 Å². The lowest BCUT2D eigenvalue weighted by atomic mass is 9.73. The van der Waals surface area contributed by atoms with Gasteiger partial charge in [-0.2, -0.15) is 13.2 Å². The number of alkyl halides is 3. The molecule has 0 radical (unpaired) electrons. The molecule has 3 heterocycles. The normalized spacial score (nSPS) is 21.7. The number of amides is 1. The lowest BCUT2D eigenvalue weighted by Crippen LogP contribution is -2.41. The summed E-state index contributed by atoms with van der Waals surface area (Å²) in [5, 5.41) is 7.12. The summed E-state index contributed by atoms with van der Waals surface area (Å²) < 4.78 is 37.3. The van der Waals surface area contributed by atoms with Crippen molar-refractivity contribution in [1.29, 1.82) is 0 Å². The first-order valence-corrected chi connectivity index (χ1v) is 11.6. The maximum atomic E-state index is 13.2. The quantitative estimate of drug-likeness (QED) is 0.700. The Morgan fingerprint density at radius 1 is 1.03 bits per heavy atom. The van der Waals surface area contributed by atoms with Gasteiger partial charge in [-0.25, -0.2) is 4.79 Å². The highest BCUT2D eigenvalue weighted by atomic mass is 19.4. The van der Waals surface area contributed by atoms with Gasteiger partial charge in [0.05, 0.1) is 18.7 Å². The summed E-state index contributed by atoms with van der Waals surface area (Å²) in [6, 6.07) is 12.8. The zero-order chi connectivity index (χ0) is 24.3. The van der Waals surface area contributed by atoms with Crippen molar-refractivity contribution in [3.63, 3.8) is 0 Å². The molecule has 184 valence electrons. The second-order valence-electron chi connectivity index (χ2n) is 9.32. The molecule has 1 aromatic carbocycles. The van der Waals surface area contributed by atoms with Crippen LogP contribution in [0.25, 0.3) is 0 Å². The fraction of sp³-hybridized carbons (Fsp3) is 0.520. The molecule has 0 bridgehead atoms. The molecule has 1 N–H and O–H groups in total. The number of piperidine rings is 1. The van der Waals surface area contributed by atoms with Crippen molar-refractivity contribution in [3.8, 4) is 0 Å². The molecule has 1 aliphatic carbocycles. The van der Waals surface area contributed by atoms with E-state index in [1.54, 1.807) is 6.26 Å². The average molecular weight is 479 g/mol. The highest BCUT2D eigenvalue weighted by Crippen LogP contribution is 2.52. The van der Waals surface area contributed by atoms with Crippen LogP contribution < -0.4 is 0 Å². The van der Waals surface area contributed by atoms with Crippen LogP contribution in [0.2, 0.25) is 0 Å². The van der Waals surface area contributed by atoms with E-state index in [0.717, 1.165) is 70.6 Å². The maximum Gasteiger partial charge on any atom is 0.490 e. The molecule has 2 fully saturated rings. The van der Waals surface area contributed by atoms with Gasteiger partial charge in [0, 0.05) is 13.1 Å². The van der Waals surface area contributed by atoms with Gasteiger partial charge in [-0.05, 0) is 73.9 Å². The fourth-order valence-corrected chi connectivity index (χ4v) is 5.51. The van der Waals surface area contributed by atoms with Gasteiger partial charge < -0.3 is 14.4 Å². The van der Waals surface area contributed by atoms with Crippen molar-refractivity contribution >= 4 is 11.9 Å². The third-order valence-corrected chi connectivity index (χ3v) is 7.23. The summed E-state index contributed by atoms with van der Waals surface area (Å²) in [7, 11) is 0. The molecule has 2 saturated heterocycles. The van der Waals surface area contributed by atoms with Crippen molar-refractivity contribution in [1.82, 2.24) is 9.80 Å². The maximum absolute atomic E-state index is 13.2. The van der Waals surface area contributed by atoms with Crippen LogP contribution in [-0.4, -0.2) is 59.1 Å². The number of likely N-dealkylation sites (tertiary alicyclic amines) is 2. The third-order valence-electron chi connectivity index (χ3n) is 7.23. The largest absolute Gasteiger partial charge is 0.490 e. The minimum atomic E-state index is -5.08. The highest BCUT2D eigenvalue weighted by Gasteiger charge is 2.48. The number of carboxylic acid groups (broad SMARTS) is 1. The number of carboxylic acids is 1. The molecule has 2 aliphatic heterocycles. The molecule has 34 heavy (non-hydrogen) atoms. The molecule has 5 rings (SSSR count). The molecular weight excluding hydrogens is 449 g/mol. The van der Waals surface area contributed by atoms with Gasteiger partial charge in [-0.1, -0.05) is 24.3 Å². The van der Waals surface area contributed by atoms with E-state index in [-0.39, 0.29) is 11.3 Å². The third kappa shape index (κ3) is 5.14. The number of carbonyl (C=O) groups excluding carboxylic acids is 1. The second kappa shape index (κ2) is 9.82. The summed E-state index contributed by atoms with van der Waals surface area (Å²) >= 11 is 0. The number of benzene rings is 1. The lowest BCUT2D eigenvalue weighted by Gasteiger charge is -2.40.